The number of ether oxygens (including phenoxy) is 1. The number of hydrogen-bond donors (Lipinski definition) is 0. The summed E-state index contributed by atoms with van der Waals surface area (Å²) in [5.41, 5.74) is 0.00454. The predicted molar refractivity (Wildman–Crippen MR) is 92.9 cm³/mol. The van der Waals surface area contributed by atoms with Gasteiger partial charge in [-0.1, -0.05) is 29.3 Å². The number of carbonyl (C=O) groups is 1. The standard InChI is InChI=1S/C16H14Cl2FNO4S/c1-20(2)25(22,23)12-5-6-15(19)13(8-12)16(21)24-9-10-3-4-11(17)7-14(10)18/h3-8H,9H2,1-2H3. The monoisotopic (exact) mass is 405 g/mol. The predicted octanol–water partition coefficient (Wildman–Crippen LogP) is 3.74. The van der Waals surface area contributed by atoms with Gasteiger partial charge in [0.15, 0.2) is 0 Å². The minimum absolute atomic E-state index is 0.209. The van der Waals surface area contributed by atoms with Gasteiger partial charge in [-0.3, -0.25) is 0 Å². The van der Waals surface area contributed by atoms with Gasteiger partial charge in [0.25, 0.3) is 0 Å². The molecule has 0 unspecified atom stereocenters. The van der Waals surface area contributed by atoms with Crippen LogP contribution < -0.4 is 0 Å². The number of halogens is 3. The van der Waals surface area contributed by atoms with E-state index >= 15 is 0 Å². The minimum atomic E-state index is -3.81. The van der Waals surface area contributed by atoms with Crippen LogP contribution in [0.15, 0.2) is 41.3 Å². The number of benzene rings is 2. The number of hydrogen-bond acceptors (Lipinski definition) is 4. The van der Waals surface area contributed by atoms with Crippen LogP contribution in [0.25, 0.3) is 0 Å². The van der Waals surface area contributed by atoms with Crippen molar-refractivity contribution in [1.82, 2.24) is 4.31 Å². The molecule has 0 fully saturated rings. The van der Waals surface area contributed by atoms with Crippen LogP contribution >= 0.6 is 23.2 Å². The second-order valence-electron chi connectivity index (χ2n) is 5.24. The first-order valence-electron chi connectivity index (χ1n) is 6.96. The van der Waals surface area contributed by atoms with Crippen molar-refractivity contribution in [1.29, 1.82) is 0 Å². The summed E-state index contributed by atoms with van der Waals surface area (Å²) in [6.07, 6.45) is 0. The highest BCUT2D eigenvalue weighted by Crippen LogP contribution is 2.23. The van der Waals surface area contributed by atoms with Crippen LogP contribution in [0.2, 0.25) is 10.0 Å². The molecule has 2 rings (SSSR count). The van der Waals surface area contributed by atoms with Crippen molar-refractivity contribution in [3.05, 3.63) is 63.4 Å². The van der Waals surface area contributed by atoms with Gasteiger partial charge in [0, 0.05) is 29.7 Å². The highest BCUT2D eigenvalue weighted by molar-refractivity contribution is 7.89. The van der Waals surface area contributed by atoms with E-state index < -0.39 is 27.4 Å². The van der Waals surface area contributed by atoms with E-state index in [1.54, 1.807) is 12.1 Å². The zero-order chi connectivity index (χ0) is 18.8. The molecule has 0 aromatic heterocycles. The van der Waals surface area contributed by atoms with E-state index in [2.05, 4.69) is 0 Å². The molecule has 0 radical (unpaired) electrons. The maximum Gasteiger partial charge on any atom is 0.341 e. The van der Waals surface area contributed by atoms with E-state index in [9.17, 15) is 17.6 Å². The smallest absolute Gasteiger partial charge is 0.341 e. The molecule has 0 amide bonds. The molecule has 0 spiro atoms. The molecule has 0 N–H and O–H groups in total. The van der Waals surface area contributed by atoms with Gasteiger partial charge < -0.3 is 4.74 Å². The number of nitrogens with zero attached hydrogens (tertiary/aromatic N) is 1. The molecule has 0 atom stereocenters. The first-order valence-corrected chi connectivity index (χ1v) is 9.15. The molecule has 0 aliphatic carbocycles. The molecule has 0 aliphatic rings. The largest absolute Gasteiger partial charge is 0.457 e. The van der Waals surface area contributed by atoms with E-state index in [-0.39, 0.29) is 11.5 Å². The highest BCUT2D eigenvalue weighted by atomic mass is 35.5. The molecule has 0 saturated carbocycles. The van der Waals surface area contributed by atoms with Crippen LogP contribution in [0, 0.1) is 5.82 Å². The summed E-state index contributed by atoms with van der Waals surface area (Å²) in [5.74, 6) is -1.88. The van der Waals surface area contributed by atoms with Crippen molar-refractivity contribution in [3.8, 4) is 0 Å². The van der Waals surface area contributed by atoms with Crippen molar-refractivity contribution >= 4 is 39.2 Å². The van der Waals surface area contributed by atoms with Crippen molar-refractivity contribution in [2.45, 2.75) is 11.5 Å². The van der Waals surface area contributed by atoms with Gasteiger partial charge in [-0.05, 0) is 30.3 Å². The fraction of sp³-hybridized carbons (Fsp3) is 0.188. The summed E-state index contributed by atoms with van der Waals surface area (Å²) in [6, 6.07) is 7.55. The summed E-state index contributed by atoms with van der Waals surface area (Å²) < 4.78 is 44.1. The molecule has 2 aromatic rings. The Bertz CT molecular complexity index is 916. The van der Waals surface area contributed by atoms with Crippen LogP contribution in [0.1, 0.15) is 15.9 Å². The average Bonchev–Trinajstić information content (AvgIpc) is 2.53. The minimum Gasteiger partial charge on any atom is -0.457 e. The summed E-state index contributed by atoms with van der Waals surface area (Å²) in [5, 5.41) is 0.720. The Labute approximate surface area is 155 Å². The van der Waals surface area contributed by atoms with Crippen molar-refractivity contribution < 1.29 is 22.3 Å². The first-order chi connectivity index (χ1) is 11.6. The van der Waals surface area contributed by atoms with Gasteiger partial charge in [-0.15, -0.1) is 0 Å². The summed E-state index contributed by atoms with van der Waals surface area (Å²) in [6.45, 7) is -0.209. The first kappa shape index (κ1) is 19.7. The van der Waals surface area contributed by atoms with Gasteiger partial charge in [0.05, 0.1) is 10.5 Å². The normalized spacial score (nSPS) is 11.6. The Kier molecular flexibility index (Phi) is 6.05. The molecule has 2 aromatic carbocycles. The molecule has 0 bridgehead atoms. The molecule has 0 aliphatic heterocycles. The van der Waals surface area contributed by atoms with E-state index in [1.807, 2.05) is 0 Å². The lowest BCUT2D eigenvalue weighted by molar-refractivity contribution is 0.0467. The quantitative estimate of drug-likeness (QED) is 0.710. The SMILES string of the molecule is CN(C)S(=O)(=O)c1ccc(F)c(C(=O)OCc2ccc(Cl)cc2Cl)c1. The maximum absolute atomic E-state index is 13.9. The lowest BCUT2D eigenvalue weighted by Gasteiger charge is -2.13. The van der Waals surface area contributed by atoms with E-state index in [1.165, 1.54) is 20.2 Å². The summed E-state index contributed by atoms with van der Waals surface area (Å²) in [4.78, 5) is 11.9. The van der Waals surface area contributed by atoms with E-state index in [0.717, 1.165) is 22.5 Å². The van der Waals surface area contributed by atoms with Gasteiger partial charge in [0.1, 0.15) is 12.4 Å². The number of carbonyl (C=O) groups excluding carboxylic acids is 1. The summed E-state index contributed by atoms with van der Waals surface area (Å²) >= 11 is 11.8. The molecule has 134 valence electrons. The summed E-state index contributed by atoms with van der Waals surface area (Å²) in [7, 11) is -1.14. The lowest BCUT2D eigenvalue weighted by Crippen LogP contribution is -2.22. The van der Waals surface area contributed by atoms with Gasteiger partial charge in [-0.25, -0.2) is 21.9 Å². The number of esters is 1. The Balaban J connectivity index is 2.24. The fourth-order valence-electron chi connectivity index (χ4n) is 1.89. The maximum atomic E-state index is 13.9. The Morgan fingerprint density at radius 3 is 2.44 bits per heavy atom. The highest BCUT2D eigenvalue weighted by Gasteiger charge is 2.22. The topological polar surface area (TPSA) is 63.7 Å². The molecule has 5 nitrogen and oxygen atoms in total. The second kappa shape index (κ2) is 7.70. The Hall–Kier alpha value is -1.67. The van der Waals surface area contributed by atoms with Crippen molar-refractivity contribution in [2.75, 3.05) is 14.1 Å². The van der Waals surface area contributed by atoms with Crippen LogP contribution in [-0.4, -0.2) is 32.8 Å². The number of sulfonamides is 1. The van der Waals surface area contributed by atoms with Crippen LogP contribution in [0.4, 0.5) is 4.39 Å². The third kappa shape index (κ3) is 4.49. The van der Waals surface area contributed by atoms with Crippen LogP contribution in [0.5, 0.6) is 0 Å². The second-order valence-corrected chi connectivity index (χ2v) is 8.24. The Morgan fingerprint density at radius 1 is 1.16 bits per heavy atom. The molecule has 0 heterocycles. The molecular formula is C16H14Cl2FNO4S. The van der Waals surface area contributed by atoms with Crippen LogP contribution in [-0.2, 0) is 21.4 Å². The van der Waals surface area contributed by atoms with Gasteiger partial charge in [-0.2, -0.15) is 0 Å². The van der Waals surface area contributed by atoms with E-state index in [0.29, 0.717) is 15.6 Å². The lowest BCUT2D eigenvalue weighted by atomic mass is 10.2. The third-order valence-electron chi connectivity index (χ3n) is 3.31. The average molecular weight is 406 g/mol. The van der Waals surface area contributed by atoms with Crippen molar-refractivity contribution in [3.63, 3.8) is 0 Å². The van der Waals surface area contributed by atoms with Crippen LogP contribution in [0.3, 0.4) is 0 Å². The molecule has 0 saturated heterocycles. The zero-order valence-corrected chi connectivity index (χ0v) is 15.6. The van der Waals surface area contributed by atoms with Gasteiger partial charge in [0.2, 0.25) is 10.0 Å². The fourth-order valence-corrected chi connectivity index (χ4v) is 3.28. The Morgan fingerprint density at radius 2 is 1.84 bits per heavy atom. The molecular weight excluding hydrogens is 392 g/mol. The zero-order valence-electron chi connectivity index (χ0n) is 13.3. The number of rotatable bonds is 5. The van der Waals surface area contributed by atoms with Crippen molar-refractivity contribution in [2.24, 2.45) is 0 Å². The molecule has 9 heteroatoms. The third-order valence-corrected chi connectivity index (χ3v) is 5.71. The molecule has 25 heavy (non-hydrogen) atoms. The van der Waals surface area contributed by atoms with Gasteiger partial charge >= 0.3 is 5.97 Å². The van der Waals surface area contributed by atoms with E-state index in [4.69, 9.17) is 27.9 Å².